The molecule has 8 aromatic rings. The van der Waals surface area contributed by atoms with Crippen LogP contribution in [-0.2, 0) is 6.18 Å². The molecular weight excluding hydrogens is 629 g/mol. The van der Waals surface area contributed by atoms with Gasteiger partial charge in [-0.2, -0.15) is 23.7 Å². The van der Waals surface area contributed by atoms with Crippen LogP contribution in [0, 0.1) is 50.4 Å². The van der Waals surface area contributed by atoms with Gasteiger partial charge in [-0.3, -0.25) is 0 Å². The van der Waals surface area contributed by atoms with E-state index in [4.69, 9.17) is 0 Å². The molecule has 0 unspecified atom stereocenters. The molecule has 0 bridgehead atoms. The Morgan fingerprint density at radius 3 is 1.28 bits per heavy atom. The average Bonchev–Trinajstić information content (AvgIpc) is 3.57. The van der Waals surface area contributed by atoms with Gasteiger partial charge in [0.15, 0.2) is 0 Å². The number of nitrogens with zero attached hydrogens (tertiary/aromatic N) is 4. The number of nitriles is 2. The molecule has 0 amide bonds. The van der Waals surface area contributed by atoms with E-state index in [1.807, 2.05) is 70.2 Å². The maximum Gasteiger partial charge on any atom is 0.417 e. The van der Waals surface area contributed by atoms with Crippen LogP contribution in [0.3, 0.4) is 0 Å². The van der Waals surface area contributed by atoms with Crippen LogP contribution in [0.4, 0.5) is 13.2 Å². The Bertz CT molecular complexity index is 2700. The maximum atomic E-state index is 14.7. The van der Waals surface area contributed by atoms with Gasteiger partial charge in [0.25, 0.3) is 0 Å². The van der Waals surface area contributed by atoms with E-state index in [9.17, 15) is 23.7 Å². The third-order valence-electron chi connectivity index (χ3n) is 9.63. The second kappa shape index (κ2) is 11.1. The van der Waals surface area contributed by atoms with E-state index in [2.05, 4.69) is 51.6 Å². The first-order valence-electron chi connectivity index (χ1n) is 16.2. The highest BCUT2D eigenvalue weighted by molar-refractivity contribution is 6.12. The fraction of sp³-hybridized carbons (Fsp3) is 0.116. The van der Waals surface area contributed by atoms with Crippen LogP contribution < -0.4 is 0 Å². The minimum Gasteiger partial charge on any atom is -0.307 e. The second-order valence-electron chi connectivity index (χ2n) is 13.1. The normalized spacial score (nSPS) is 11.9. The quantitative estimate of drug-likeness (QED) is 0.190. The Kier molecular flexibility index (Phi) is 6.89. The van der Waals surface area contributed by atoms with Crippen LogP contribution in [0.15, 0.2) is 103 Å². The standard InChI is InChI=1S/C43H29F3N4/c1-24-8-12-36-31(16-24)32-17-25(2)9-13-37(32)49(36)40-20-29(23-48)30(42-28(22-47)6-5-7-35(42)43(44,45)46)21-41(40)50-38-14-10-26(3)18-33(38)34-19-27(4)11-15-39(34)50/h5-21H,1-4H3. The molecule has 6 aromatic carbocycles. The fourth-order valence-electron chi connectivity index (χ4n) is 7.43. The molecule has 0 atom stereocenters. The summed E-state index contributed by atoms with van der Waals surface area (Å²) in [6.07, 6.45) is -4.77. The number of rotatable bonds is 3. The van der Waals surface area contributed by atoms with Gasteiger partial charge < -0.3 is 9.13 Å². The summed E-state index contributed by atoms with van der Waals surface area (Å²) in [5.41, 5.74) is 7.68. The number of aromatic nitrogens is 2. The van der Waals surface area contributed by atoms with Crippen LogP contribution in [-0.4, -0.2) is 9.13 Å². The molecule has 0 radical (unpaired) electrons. The zero-order valence-corrected chi connectivity index (χ0v) is 27.7. The van der Waals surface area contributed by atoms with E-state index in [-0.39, 0.29) is 22.3 Å². The Hall–Kier alpha value is -6.31. The molecule has 4 nitrogen and oxygen atoms in total. The van der Waals surface area contributed by atoms with Crippen molar-refractivity contribution in [3.05, 3.63) is 142 Å². The molecule has 7 heteroatoms. The molecule has 0 aliphatic heterocycles. The lowest BCUT2D eigenvalue weighted by Gasteiger charge is -2.21. The largest absolute Gasteiger partial charge is 0.417 e. The van der Waals surface area contributed by atoms with Gasteiger partial charge in [0.1, 0.15) is 0 Å². The Labute approximate surface area is 286 Å². The third kappa shape index (κ3) is 4.66. The van der Waals surface area contributed by atoms with Crippen molar-refractivity contribution in [2.75, 3.05) is 0 Å². The number of halogens is 3. The minimum atomic E-state index is -4.77. The molecule has 0 saturated carbocycles. The van der Waals surface area contributed by atoms with Gasteiger partial charge >= 0.3 is 6.18 Å². The summed E-state index contributed by atoms with van der Waals surface area (Å²) in [6.45, 7) is 8.14. The lowest BCUT2D eigenvalue weighted by molar-refractivity contribution is -0.137. The Balaban J connectivity index is 1.62. The molecule has 0 spiro atoms. The van der Waals surface area contributed by atoms with E-state index >= 15 is 0 Å². The molecule has 50 heavy (non-hydrogen) atoms. The zero-order chi connectivity index (χ0) is 35.1. The van der Waals surface area contributed by atoms with E-state index in [1.165, 1.54) is 12.1 Å². The Morgan fingerprint density at radius 1 is 0.500 bits per heavy atom. The van der Waals surface area contributed by atoms with Gasteiger partial charge in [-0.25, -0.2) is 0 Å². The number of hydrogen-bond donors (Lipinski definition) is 0. The molecule has 0 saturated heterocycles. The van der Waals surface area contributed by atoms with E-state index in [0.29, 0.717) is 11.4 Å². The summed E-state index contributed by atoms with van der Waals surface area (Å²) in [4.78, 5) is 0. The zero-order valence-electron chi connectivity index (χ0n) is 27.7. The molecule has 2 aromatic heterocycles. The molecule has 242 valence electrons. The second-order valence-corrected chi connectivity index (χ2v) is 13.1. The first-order chi connectivity index (χ1) is 24.0. The van der Waals surface area contributed by atoms with Crippen molar-refractivity contribution >= 4 is 43.6 Å². The van der Waals surface area contributed by atoms with Gasteiger partial charge in [0, 0.05) is 32.7 Å². The number of fused-ring (bicyclic) bond motifs is 6. The highest BCUT2D eigenvalue weighted by atomic mass is 19.4. The number of benzene rings is 6. The smallest absolute Gasteiger partial charge is 0.307 e. The minimum absolute atomic E-state index is 0.0265. The van der Waals surface area contributed by atoms with Crippen LogP contribution in [0.1, 0.15) is 38.9 Å². The van der Waals surface area contributed by atoms with Crippen molar-refractivity contribution in [1.82, 2.24) is 9.13 Å². The topological polar surface area (TPSA) is 57.4 Å². The summed E-state index contributed by atoms with van der Waals surface area (Å²) in [6, 6.07) is 35.9. The number of alkyl halides is 3. The number of hydrogen-bond acceptors (Lipinski definition) is 2. The van der Waals surface area contributed by atoms with E-state index < -0.39 is 11.7 Å². The van der Waals surface area contributed by atoms with Crippen molar-refractivity contribution in [3.63, 3.8) is 0 Å². The number of aryl methyl sites for hydroxylation is 4. The van der Waals surface area contributed by atoms with Crippen LogP contribution in [0.25, 0.3) is 66.1 Å². The summed E-state index contributed by atoms with van der Waals surface area (Å²) < 4.78 is 48.2. The van der Waals surface area contributed by atoms with Crippen molar-refractivity contribution in [3.8, 4) is 34.6 Å². The van der Waals surface area contributed by atoms with Gasteiger partial charge in [0.05, 0.1) is 62.3 Å². The van der Waals surface area contributed by atoms with Gasteiger partial charge in [0.2, 0.25) is 0 Å². The predicted molar refractivity (Wildman–Crippen MR) is 194 cm³/mol. The molecule has 0 aliphatic rings. The molecule has 0 fully saturated rings. The Morgan fingerprint density at radius 2 is 0.900 bits per heavy atom. The predicted octanol–water partition coefficient (Wildman–Crippen LogP) is 11.5. The summed E-state index contributed by atoms with van der Waals surface area (Å²) in [7, 11) is 0. The van der Waals surface area contributed by atoms with Gasteiger partial charge in [-0.15, -0.1) is 0 Å². The monoisotopic (exact) mass is 658 g/mol. The molecule has 2 heterocycles. The molecule has 0 N–H and O–H groups in total. The lowest BCUT2D eigenvalue weighted by Crippen LogP contribution is -2.10. The van der Waals surface area contributed by atoms with E-state index in [1.54, 1.807) is 12.1 Å². The first kappa shape index (κ1) is 31.0. The molecule has 8 rings (SSSR count). The summed E-state index contributed by atoms with van der Waals surface area (Å²) in [5, 5.41) is 24.8. The van der Waals surface area contributed by atoms with Gasteiger partial charge in [-0.05, 0) is 100 Å². The average molecular weight is 659 g/mol. The first-order valence-corrected chi connectivity index (χ1v) is 16.2. The fourth-order valence-corrected chi connectivity index (χ4v) is 7.43. The van der Waals surface area contributed by atoms with E-state index in [0.717, 1.165) is 71.9 Å². The third-order valence-corrected chi connectivity index (χ3v) is 9.63. The molecule has 0 aliphatic carbocycles. The van der Waals surface area contributed by atoms with Crippen molar-refractivity contribution < 1.29 is 13.2 Å². The summed E-state index contributed by atoms with van der Waals surface area (Å²) >= 11 is 0. The SMILES string of the molecule is Cc1ccc2c(c1)c1cc(C)ccc1n2-c1cc(C#N)c(-c2c(C#N)cccc2C(F)(F)F)cc1-n1c2ccc(C)cc2c2cc(C)ccc21. The van der Waals surface area contributed by atoms with Crippen LogP contribution in [0.2, 0.25) is 0 Å². The highest BCUT2D eigenvalue weighted by Crippen LogP contribution is 2.45. The highest BCUT2D eigenvalue weighted by Gasteiger charge is 2.36. The van der Waals surface area contributed by atoms with Crippen LogP contribution in [0.5, 0.6) is 0 Å². The molecular formula is C43H29F3N4. The maximum absolute atomic E-state index is 14.7. The van der Waals surface area contributed by atoms with Crippen LogP contribution >= 0.6 is 0 Å². The van der Waals surface area contributed by atoms with Crippen molar-refractivity contribution in [2.45, 2.75) is 33.9 Å². The van der Waals surface area contributed by atoms with Crippen molar-refractivity contribution in [1.29, 1.82) is 10.5 Å². The lowest BCUT2D eigenvalue weighted by atomic mass is 9.90. The van der Waals surface area contributed by atoms with Crippen molar-refractivity contribution in [2.24, 2.45) is 0 Å². The van der Waals surface area contributed by atoms with Gasteiger partial charge in [-0.1, -0.05) is 52.6 Å². The summed E-state index contributed by atoms with van der Waals surface area (Å²) in [5.74, 6) is 0.